The molecule has 29 heavy (non-hydrogen) atoms. The third-order valence-electron chi connectivity index (χ3n) is 5.20. The third-order valence-corrected chi connectivity index (χ3v) is 5.48. The van der Waals surface area contributed by atoms with Crippen LogP contribution in [0.5, 0.6) is 23.0 Å². The van der Waals surface area contributed by atoms with Gasteiger partial charge in [-0.05, 0) is 54.8 Å². The molecule has 1 saturated heterocycles. The zero-order valence-corrected chi connectivity index (χ0v) is 17.1. The molecule has 1 amide bonds. The number of methoxy groups -OCH3 is 2. The second-order valence-corrected chi connectivity index (χ2v) is 7.27. The molecule has 1 unspecified atom stereocenters. The van der Waals surface area contributed by atoms with Gasteiger partial charge in [0.2, 0.25) is 12.7 Å². The van der Waals surface area contributed by atoms with Gasteiger partial charge in [0, 0.05) is 18.2 Å². The zero-order valence-electron chi connectivity index (χ0n) is 16.3. The maximum absolute atomic E-state index is 13.0. The minimum absolute atomic E-state index is 0.0578. The first-order chi connectivity index (χ1) is 14.1. The third kappa shape index (κ3) is 3.85. The van der Waals surface area contributed by atoms with Crippen LogP contribution in [0.4, 0.5) is 0 Å². The van der Waals surface area contributed by atoms with Gasteiger partial charge in [-0.25, -0.2) is 0 Å². The van der Waals surface area contributed by atoms with Crippen LogP contribution in [0.25, 0.3) is 6.08 Å². The number of nitrogens with zero attached hydrogens (tertiary/aromatic N) is 1. The molecule has 0 spiro atoms. The fourth-order valence-electron chi connectivity index (χ4n) is 3.80. The summed E-state index contributed by atoms with van der Waals surface area (Å²) in [6.07, 6.45) is 5.12. The Morgan fingerprint density at radius 2 is 2.07 bits per heavy atom. The highest BCUT2D eigenvalue weighted by molar-refractivity contribution is 6.32. The quantitative estimate of drug-likeness (QED) is 0.675. The number of benzene rings is 2. The Morgan fingerprint density at radius 1 is 1.21 bits per heavy atom. The molecular formula is C22H22ClNO5. The first-order valence-corrected chi connectivity index (χ1v) is 9.78. The van der Waals surface area contributed by atoms with Gasteiger partial charge in [0.1, 0.15) is 11.5 Å². The van der Waals surface area contributed by atoms with Crippen LogP contribution in [0, 0.1) is 0 Å². The summed E-state index contributed by atoms with van der Waals surface area (Å²) < 4.78 is 21.6. The highest BCUT2D eigenvalue weighted by Crippen LogP contribution is 2.41. The first kappa shape index (κ1) is 19.5. The summed E-state index contributed by atoms with van der Waals surface area (Å²) >= 11 is 6.22. The lowest BCUT2D eigenvalue weighted by Crippen LogP contribution is -2.29. The van der Waals surface area contributed by atoms with Crippen molar-refractivity contribution in [2.45, 2.75) is 18.9 Å². The Balaban J connectivity index is 1.56. The Hall–Kier alpha value is -2.86. The highest BCUT2D eigenvalue weighted by Gasteiger charge is 2.31. The van der Waals surface area contributed by atoms with Crippen molar-refractivity contribution in [3.63, 3.8) is 0 Å². The van der Waals surface area contributed by atoms with Crippen LogP contribution in [0.2, 0.25) is 5.02 Å². The number of carbonyl (C=O) groups is 1. The van der Waals surface area contributed by atoms with Gasteiger partial charge in [0.05, 0.1) is 25.3 Å². The second kappa shape index (κ2) is 8.25. The van der Waals surface area contributed by atoms with E-state index in [2.05, 4.69) is 0 Å². The van der Waals surface area contributed by atoms with E-state index in [1.807, 2.05) is 29.2 Å². The minimum atomic E-state index is -0.0637. The first-order valence-electron chi connectivity index (χ1n) is 9.40. The number of rotatable bonds is 5. The molecule has 152 valence electrons. The van der Waals surface area contributed by atoms with Gasteiger partial charge in [-0.2, -0.15) is 0 Å². The second-order valence-electron chi connectivity index (χ2n) is 6.87. The number of hydrogen-bond acceptors (Lipinski definition) is 5. The molecule has 6 nitrogen and oxygen atoms in total. The van der Waals surface area contributed by atoms with Crippen LogP contribution in [-0.2, 0) is 4.79 Å². The highest BCUT2D eigenvalue weighted by atomic mass is 35.5. The van der Waals surface area contributed by atoms with E-state index < -0.39 is 0 Å². The maximum Gasteiger partial charge on any atom is 0.247 e. The lowest BCUT2D eigenvalue weighted by atomic mass is 10.0. The molecule has 2 aromatic carbocycles. The summed E-state index contributed by atoms with van der Waals surface area (Å²) in [5.41, 5.74) is 1.74. The number of hydrogen-bond donors (Lipinski definition) is 0. The van der Waals surface area contributed by atoms with Crippen LogP contribution in [0.1, 0.15) is 30.0 Å². The molecule has 1 fully saturated rings. The largest absolute Gasteiger partial charge is 0.497 e. The molecule has 1 atom stereocenters. The van der Waals surface area contributed by atoms with Gasteiger partial charge < -0.3 is 23.8 Å². The number of likely N-dealkylation sites (tertiary alicyclic amines) is 1. The number of carbonyl (C=O) groups excluding carboxylic acids is 1. The monoisotopic (exact) mass is 415 g/mol. The van der Waals surface area contributed by atoms with Gasteiger partial charge in [-0.1, -0.05) is 11.6 Å². The van der Waals surface area contributed by atoms with Crippen LogP contribution >= 0.6 is 11.6 Å². The van der Waals surface area contributed by atoms with Crippen LogP contribution < -0.4 is 18.9 Å². The standard InChI is InChI=1S/C22H22ClNO5/c1-26-15-6-7-19(27-2)16(12-15)18-4-3-9-24(18)21(25)8-5-14-10-17(23)22-20(11-14)28-13-29-22/h5-8,10-12,18H,3-4,9,13H2,1-2H3/b8-5+. The van der Waals surface area contributed by atoms with Crippen molar-refractivity contribution in [3.8, 4) is 23.0 Å². The van der Waals surface area contributed by atoms with Gasteiger partial charge >= 0.3 is 0 Å². The van der Waals surface area contributed by atoms with E-state index in [-0.39, 0.29) is 18.7 Å². The smallest absolute Gasteiger partial charge is 0.247 e. The van der Waals surface area contributed by atoms with Gasteiger partial charge in [-0.3, -0.25) is 4.79 Å². The average Bonchev–Trinajstić information content (AvgIpc) is 3.41. The van der Waals surface area contributed by atoms with E-state index in [4.69, 9.17) is 30.5 Å². The summed E-state index contributed by atoms with van der Waals surface area (Å²) in [5, 5.41) is 0.465. The lowest BCUT2D eigenvalue weighted by molar-refractivity contribution is -0.126. The molecule has 0 bridgehead atoms. The van der Waals surface area contributed by atoms with Gasteiger partial charge in [0.25, 0.3) is 0 Å². The molecular weight excluding hydrogens is 394 g/mol. The fourth-order valence-corrected chi connectivity index (χ4v) is 4.07. The van der Waals surface area contributed by atoms with E-state index in [1.165, 1.54) is 0 Å². The molecule has 4 rings (SSSR count). The van der Waals surface area contributed by atoms with Crippen molar-refractivity contribution in [2.24, 2.45) is 0 Å². The molecule has 0 aromatic heterocycles. The maximum atomic E-state index is 13.0. The Kier molecular flexibility index (Phi) is 5.53. The molecule has 2 heterocycles. The molecule has 2 aliphatic heterocycles. The van der Waals surface area contributed by atoms with Crippen molar-refractivity contribution in [3.05, 3.63) is 52.6 Å². The van der Waals surface area contributed by atoms with E-state index in [1.54, 1.807) is 32.4 Å². The van der Waals surface area contributed by atoms with Gasteiger partial charge in [0.15, 0.2) is 11.5 Å². The summed E-state index contributed by atoms with van der Waals surface area (Å²) in [4.78, 5) is 14.8. The molecule has 0 saturated carbocycles. The van der Waals surface area contributed by atoms with Crippen molar-refractivity contribution in [2.75, 3.05) is 27.6 Å². The molecule has 7 heteroatoms. The van der Waals surface area contributed by atoms with E-state index in [0.717, 1.165) is 35.5 Å². The van der Waals surface area contributed by atoms with Crippen LogP contribution in [0.3, 0.4) is 0 Å². The molecule has 0 aliphatic carbocycles. The van der Waals surface area contributed by atoms with E-state index in [0.29, 0.717) is 23.1 Å². The molecule has 2 aromatic rings. The van der Waals surface area contributed by atoms with Crippen molar-refractivity contribution < 1.29 is 23.7 Å². The summed E-state index contributed by atoms with van der Waals surface area (Å²) in [6, 6.07) is 9.18. The Bertz CT molecular complexity index is 958. The average molecular weight is 416 g/mol. The normalized spacial score (nSPS) is 17.8. The predicted molar refractivity (Wildman–Crippen MR) is 110 cm³/mol. The fraction of sp³-hybridized carbons (Fsp3) is 0.318. The number of amides is 1. The molecule has 2 aliphatic rings. The van der Waals surface area contributed by atoms with Crippen molar-refractivity contribution in [1.29, 1.82) is 0 Å². The number of ether oxygens (including phenoxy) is 4. The van der Waals surface area contributed by atoms with Crippen molar-refractivity contribution >= 4 is 23.6 Å². The van der Waals surface area contributed by atoms with Gasteiger partial charge in [-0.15, -0.1) is 0 Å². The zero-order chi connectivity index (χ0) is 20.4. The summed E-state index contributed by atoms with van der Waals surface area (Å²) in [5.74, 6) is 2.56. The lowest BCUT2D eigenvalue weighted by Gasteiger charge is -2.25. The minimum Gasteiger partial charge on any atom is -0.497 e. The van der Waals surface area contributed by atoms with Crippen LogP contribution in [-0.4, -0.2) is 38.4 Å². The number of fused-ring (bicyclic) bond motifs is 1. The summed E-state index contributed by atoms with van der Waals surface area (Å²) in [6.45, 7) is 0.842. The van der Waals surface area contributed by atoms with E-state index >= 15 is 0 Å². The molecule has 0 radical (unpaired) electrons. The van der Waals surface area contributed by atoms with Crippen LogP contribution in [0.15, 0.2) is 36.4 Å². The molecule has 0 N–H and O–H groups in total. The van der Waals surface area contributed by atoms with Crippen molar-refractivity contribution in [1.82, 2.24) is 4.90 Å². The SMILES string of the molecule is COc1ccc(OC)c(C2CCCN2C(=O)/C=C/c2cc(Cl)c3c(c2)OCO3)c1. The topological polar surface area (TPSA) is 57.2 Å². The Labute approximate surface area is 174 Å². The summed E-state index contributed by atoms with van der Waals surface area (Å²) in [7, 11) is 3.26. The predicted octanol–water partition coefficient (Wildman–Crippen LogP) is 4.46. The Morgan fingerprint density at radius 3 is 2.86 bits per heavy atom. The number of halogens is 1. The van der Waals surface area contributed by atoms with E-state index in [9.17, 15) is 4.79 Å².